The van der Waals surface area contributed by atoms with Gasteiger partial charge in [0, 0.05) is 11.6 Å². The Hall–Kier alpha value is -2.65. The van der Waals surface area contributed by atoms with E-state index < -0.39 is 15.9 Å². The molecule has 2 aromatic rings. The van der Waals surface area contributed by atoms with E-state index in [1.807, 2.05) is 0 Å². The van der Waals surface area contributed by atoms with E-state index in [9.17, 15) is 17.6 Å². The molecule has 0 aromatic heterocycles. The van der Waals surface area contributed by atoms with Crippen LogP contribution in [-0.2, 0) is 10.0 Å². The highest BCUT2D eigenvalue weighted by Crippen LogP contribution is 2.28. The van der Waals surface area contributed by atoms with Crippen LogP contribution in [0.4, 0.5) is 4.39 Å². The fourth-order valence-corrected chi connectivity index (χ4v) is 3.98. The van der Waals surface area contributed by atoms with Crippen LogP contribution >= 0.6 is 0 Å². The van der Waals surface area contributed by atoms with Gasteiger partial charge in [0.25, 0.3) is 5.91 Å². The first-order valence-electron chi connectivity index (χ1n) is 8.76. The third kappa shape index (κ3) is 5.20. The number of methoxy groups -OCH3 is 1. The van der Waals surface area contributed by atoms with Gasteiger partial charge >= 0.3 is 0 Å². The first kappa shape index (κ1) is 20.1. The number of rotatable bonds is 9. The van der Waals surface area contributed by atoms with Gasteiger partial charge in [-0.05, 0) is 55.3 Å². The number of halogens is 1. The van der Waals surface area contributed by atoms with E-state index in [-0.39, 0.29) is 41.2 Å². The maximum Gasteiger partial charge on any atom is 0.251 e. The Bertz CT molecular complexity index is 943. The van der Waals surface area contributed by atoms with Crippen molar-refractivity contribution in [3.63, 3.8) is 0 Å². The Morgan fingerprint density at radius 3 is 2.54 bits per heavy atom. The van der Waals surface area contributed by atoms with E-state index in [2.05, 4.69) is 10.0 Å². The molecule has 2 aromatic carbocycles. The lowest BCUT2D eigenvalue weighted by atomic mass is 10.2. The van der Waals surface area contributed by atoms with Crippen LogP contribution in [0.1, 0.15) is 23.2 Å². The smallest absolute Gasteiger partial charge is 0.251 e. The molecule has 1 fully saturated rings. The number of carbonyl (C=O) groups is 1. The number of ether oxygens (including phenoxy) is 2. The predicted octanol–water partition coefficient (Wildman–Crippen LogP) is 2.08. The fraction of sp³-hybridized carbons (Fsp3) is 0.316. The number of hydrogen-bond donors (Lipinski definition) is 2. The molecule has 1 saturated carbocycles. The third-order valence-electron chi connectivity index (χ3n) is 4.08. The zero-order valence-electron chi connectivity index (χ0n) is 15.3. The molecule has 28 heavy (non-hydrogen) atoms. The Balaban J connectivity index is 1.61. The number of benzene rings is 2. The van der Waals surface area contributed by atoms with Crippen molar-refractivity contribution in [2.24, 2.45) is 0 Å². The molecule has 0 unspecified atom stereocenters. The summed E-state index contributed by atoms with van der Waals surface area (Å²) in [6.07, 6.45) is 1.60. The quantitative estimate of drug-likeness (QED) is 0.620. The van der Waals surface area contributed by atoms with Crippen LogP contribution in [0.25, 0.3) is 0 Å². The molecule has 0 atom stereocenters. The van der Waals surface area contributed by atoms with Crippen LogP contribution < -0.4 is 19.5 Å². The number of amides is 1. The summed E-state index contributed by atoms with van der Waals surface area (Å²) >= 11 is 0. The monoisotopic (exact) mass is 408 g/mol. The molecule has 7 nitrogen and oxygen atoms in total. The van der Waals surface area contributed by atoms with Gasteiger partial charge in [0.1, 0.15) is 28.8 Å². The summed E-state index contributed by atoms with van der Waals surface area (Å²) < 4.78 is 51.0. The molecule has 0 saturated heterocycles. The molecule has 0 radical (unpaired) electrons. The minimum absolute atomic E-state index is 0.0594. The summed E-state index contributed by atoms with van der Waals surface area (Å²) in [5.41, 5.74) is 0.193. The molecule has 3 rings (SSSR count). The van der Waals surface area contributed by atoms with Crippen molar-refractivity contribution < 1.29 is 27.1 Å². The maximum absolute atomic E-state index is 12.8. The minimum Gasteiger partial charge on any atom is -0.495 e. The summed E-state index contributed by atoms with van der Waals surface area (Å²) in [7, 11) is -2.40. The van der Waals surface area contributed by atoms with Gasteiger partial charge in [0.05, 0.1) is 13.7 Å². The van der Waals surface area contributed by atoms with Crippen LogP contribution in [0, 0.1) is 5.82 Å². The number of sulfonamides is 1. The zero-order valence-corrected chi connectivity index (χ0v) is 16.1. The van der Waals surface area contributed by atoms with E-state index >= 15 is 0 Å². The van der Waals surface area contributed by atoms with Crippen molar-refractivity contribution in [3.05, 3.63) is 53.8 Å². The van der Waals surface area contributed by atoms with Crippen molar-refractivity contribution >= 4 is 15.9 Å². The maximum atomic E-state index is 12.8. The number of carbonyl (C=O) groups excluding carboxylic acids is 1. The topological polar surface area (TPSA) is 93.7 Å². The highest BCUT2D eigenvalue weighted by Gasteiger charge is 2.30. The highest BCUT2D eigenvalue weighted by molar-refractivity contribution is 7.89. The SMILES string of the molecule is COc1ccc(C(=O)NCCOc2ccc(F)cc2)cc1S(=O)(=O)NC1CC1. The Labute approximate surface area is 162 Å². The molecule has 150 valence electrons. The Morgan fingerprint density at radius 2 is 1.89 bits per heavy atom. The lowest BCUT2D eigenvalue weighted by molar-refractivity contribution is 0.0946. The molecule has 2 N–H and O–H groups in total. The molecular weight excluding hydrogens is 387 g/mol. The number of hydrogen-bond acceptors (Lipinski definition) is 5. The second-order valence-corrected chi connectivity index (χ2v) is 8.00. The van der Waals surface area contributed by atoms with Gasteiger partial charge in [-0.2, -0.15) is 0 Å². The molecular formula is C19H21FN2O5S. The molecule has 0 aliphatic heterocycles. The fourth-order valence-electron chi connectivity index (χ4n) is 2.48. The predicted molar refractivity (Wildman–Crippen MR) is 101 cm³/mol. The molecule has 1 aliphatic carbocycles. The van der Waals surface area contributed by atoms with Crippen molar-refractivity contribution in [3.8, 4) is 11.5 Å². The molecule has 1 aliphatic rings. The first-order chi connectivity index (χ1) is 13.4. The molecule has 1 amide bonds. The van der Waals surface area contributed by atoms with Gasteiger partial charge in [0.15, 0.2) is 0 Å². The summed E-state index contributed by atoms with van der Waals surface area (Å²) in [5.74, 6) is -0.140. The van der Waals surface area contributed by atoms with Gasteiger partial charge in [-0.1, -0.05) is 0 Å². The first-order valence-corrected chi connectivity index (χ1v) is 10.2. The molecule has 0 heterocycles. The van der Waals surface area contributed by atoms with E-state index in [1.165, 1.54) is 49.6 Å². The minimum atomic E-state index is -3.77. The Kier molecular flexibility index (Phi) is 6.15. The van der Waals surface area contributed by atoms with Crippen LogP contribution in [0.5, 0.6) is 11.5 Å². The molecule has 0 bridgehead atoms. The zero-order chi connectivity index (χ0) is 20.1. The van der Waals surface area contributed by atoms with Gasteiger partial charge in [0.2, 0.25) is 10.0 Å². The summed E-state index contributed by atoms with van der Waals surface area (Å²) in [5, 5.41) is 2.66. The van der Waals surface area contributed by atoms with E-state index in [0.717, 1.165) is 12.8 Å². The lowest BCUT2D eigenvalue weighted by Gasteiger charge is -2.12. The average Bonchev–Trinajstić information content (AvgIpc) is 3.49. The van der Waals surface area contributed by atoms with Crippen LogP contribution in [0.15, 0.2) is 47.4 Å². The average molecular weight is 408 g/mol. The Morgan fingerprint density at radius 1 is 1.18 bits per heavy atom. The van der Waals surface area contributed by atoms with E-state index in [1.54, 1.807) is 0 Å². The van der Waals surface area contributed by atoms with Crippen molar-refractivity contribution in [1.82, 2.24) is 10.0 Å². The second-order valence-electron chi connectivity index (χ2n) is 6.32. The van der Waals surface area contributed by atoms with Gasteiger partial charge in [-0.3, -0.25) is 4.79 Å². The summed E-state index contributed by atoms with van der Waals surface area (Å²) in [4.78, 5) is 12.3. The van der Waals surface area contributed by atoms with Gasteiger partial charge < -0.3 is 14.8 Å². The normalized spacial score (nSPS) is 13.8. The summed E-state index contributed by atoms with van der Waals surface area (Å²) in [6.45, 7) is 0.382. The molecule has 9 heteroatoms. The molecule has 0 spiro atoms. The van der Waals surface area contributed by atoms with Crippen LogP contribution in [0.2, 0.25) is 0 Å². The van der Waals surface area contributed by atoms with E-state index in [4.69, 9.17) is 9.47 Å². The van der Waals surface area contributed by atoms with Crippen LogP contribution in [-0.4, -0.2) is 40.6 Å². The van der Waals surface area contributed by atoms with E-state index in [0.29, 0.717) is 5.75 Å². The standard InChI is InChI=1S/C19H21FN2O5S/c1-26-17-9-2-13(12-18(17)28(24,25)22-15-5-6-15)19(23)21-10-11-27-16-7-3-14(20)4-8-16/h2-4,7-9,12,15,22H,5-6,10-11H2,1H3,(H,21,23). The van der Waals surface area contributed by atoms with Gasteiger partial charge in [-0.25, -0.2) is 17.5 Å². The largest absolute Gasteiger partial charge is 0.495 e. The number of nitrogens with one attached hydrogen (secondary N) is 2. The second kappa shape index (κ2) is 8.57. The third-order valence-corrected chi connectivity index (χ3v) is 5.63. The lowest BCUT2D eigenvalue weighted by Crippen LogP contribution is -2.29. The highest BCUT2D eigenvalue weighted by atomic mass is 32.2. The van der Waals surface area contributed by atoms with Gasteiger partial charge in [-0.15, -0.1) is 0 Å². The van der Waals surface area contributed by atoms with Crippen LogP contribution in [0.3, 0.4) is 0 Å². The van der Waals surface area contributed by atoms with Crippen molar-refractivity contribution in [2.45, 2.75) is 23.8 Å². The summed E-state index contributed by atoms with van der Waals surface area (Å²) in [6, 6.07) is 9.72. The van der Waals surface area contributed by atoms with Crippen molar-refractivity contribution in [2.75, 3.05) is 20.3 Å². The van der Waals surface area contributed by atoms with Crippen molar-refractivity contribution in [1.29, 1.82) is 0 Å².